The number of hydrogen-bond acceptors (Lipinski definition) is 5. The smallest absolute Gasteiger partial charge is 0.330 e. The highest BCUT2D eigenvalue weighted by Crippen LogP contribution is 2.21. The molecule has 0 saturated heterocycles. The number of rotatable bonds is 11. The predicted octanol–water partition coefficient (Wildman–Crippen LogP) is 2.59. The van der Waals surface area contributed by atoms with Gasteiger partial charge in [-0.3, -0.25) is 18.7 Å². The molecule has 0 aliphatic heterocycles. The lowest BCUT2D eigenvalue weighted by atomic mass is 9.99. The van der Waals surface area contributed by atoms with Gasteiger partial charge in [0.2, 0.25) is 15.9 Å². The first-order chi connectivity index (χ1) is 17.1. The monoisotopic (exact) mass is 514 g/mol. The third-order valence-corrected chi connectivity index (χ3v) is 7.95. The van der Waals surface area contributed by atoms with Crippen molar-refractivity contribution < 1.29 is 13.2 Å². The number of aromatic nitrogens is 2. The van der Waals surface area contributed by atoms with Crippen molar-refractivity contribution in [2.24, 2.45) is 20.0 Å². The SMILES string of the molecule is CCCC[C@@H](CC)CNC(=O)[C@H](NS(=O)(=O)c1ccc2c(c1)c(=O)n(C)c(=O)n2C)c1ccccc1. The minimum atomic E-state index is -4.20. The van der Waals surface area contributed by atoms with Gasteiger partial charge in [-0.25, -0.2) is 13.2 Å². The molecule has 0 fully saturated rings. The van der Waals surface area contributed by atoms with E-state index in [1.165, 1.54) is 36.9 Å². The van der Waals surface area contributed by atoms with Crippen LogP contribution in [0, 0.1) is 5.92 Å². The number of aryl methyl sites for hydroxylation is 1. The molecule has 0 spiro atoms. The number of benzene rings is 2. The lowest BCUT2D eigenvalue weighted by Crippen LogP contribution is -2.42. The number of hydrogen-bond donors (Lipinski definition) is 2. The van der Waals surface area contributed by atoms with Crippen LogP contribution in [-0.2, 0) is 28.9 Å². The molecule has 9 nitrogen and oxygen atoms in total. The molecule has 3 rings (SSSR count). The number of unbranched alkanes of at least 4 members (excludes halogenated alkanes) is 1. The number of amides is 1. The van der Waals surface area contributed by atoms with Crippen LogP contribution in [0.2, 0.25) is 0 Å². The molecule has 1 heterocycles. The molecular formula is C26H34N4O5S. The summed E-state index contributed by atoms with van der Waals surface area (Å²) in [4.78, 5) is 37.9. The second kappa shape index (κ2) is 11.7. The van der Waals surface area contributed by atoms with Crippen molar-refractivity contribution in [1.29, 1.82) is 0 Å². The lowest BCUT2D eigenvalue weighted by Gasteiger charge is -2.21. The summed E-state index contributed by atoms with van der Waals surface area (Å²) >= 11 is 0. The molecule has 0 aliphatic rings. The summed E-state index contributed by atoms with van der Waals surface area (Å²) in [5.74, 6) is -0.135. The van der Waals surface area contributed by atoms with Crippen molar-refractivity contribution in [3.8, 4) is 0 Å². The Labute approximate surface area is 211 Å². The van der Waals surface area contributed by atoms with Crippen molar-refractivity contribution in [2.75, 3.05) is 6.54 Å². The van der Waals surface area contributed by atoms with Gasteiger partial charge in [0.15, 0.2) is 0 Å². The molecule has 3 aromatic rings. The Morgan fingerprint density at radius 3 is 2.33 bits per heavy atom. The van der Waals surface area contributed by atoms with Gasteiger partial charge in [-0.05, 0) is 36.1 Å². The summed E-state index contributed by atoms with van der Waals surface area (Å²) in [6.07, 6.45) is 4.04. The summed E-state index contributed by atoms with van der Waals surface area (Å²) in [6.45, 7) is 4.65. The second-order valence-corrected chi connectivity index (χ2v) is 10.7. The Kier molecular flexibility index (Phi) is 8.86. The number of carbonyl (C=O) groups is 1. The van der Waals surface area contributed by atoms with Crippen LogP contribution in [0.25, 0.3) is 10.9 Å². The number of nitrogens with one attached hydrogen (secondary N) is 2. The third-order valence-electron chi connectivity index (χ3n) is 6.52. The topological polar surface area (TPSA) is 119 Å². The normalized spacial score (nSPS) is 13.4. The van der Waals surface area contributed by atoms with Gasteiger partial charge in [-0.2, -0.15) is 4.72 Å². The van der Waals surface area contributed by atoms with Gasteiger partial charge in [0.05, 0.1) is 15.8 Å². The number of carbonyl (C=O) groups excluding carboxylic acids is 1. The van der Waals surface area contributed by atoms with Gasteiger partial charge in [-0.15, -0.1) is 0 Å². The van der Waals surface area contributed by atoms with Crippen LogP contribution in [-0.4, -0.2) is 30.0 Å². The van der Waals surface area contributed by atoms with Gasteiger partial charge < -0.3 is 5.32 Å². The van der Waals surface area contributed by atoms with E-state index >= 15 is 0 Å². The Morgan fingerprint density at radius 1 is 1.00 bits per heavy atom. The van der Waals surface area contributed by atoms with E-state index in [0.29, 0.717) is 23.5 Å². The second-order valence-electron chi connectivity index (χ2n) is 9.01. The van der Waals surface area contributed by atoms with Gasteiger partial charge >= 0.3 is 5.69 Å². The molecular weight excluding hydrogens is 480 g/mol. The number of nitrogens with zero attached hydrogens (tertiary/aromatic N) is 2. The molecule has 194 valence electrons. The highest BCUT2D eigenvalue weighted by molar-refractivity contribution is 7.89. The minimum Gasteiger partial charge on any atom is -0.354 e. The van der Waals surface area contributed by atoms with E-state index in [4.69, 9.17) is 0 Å². The predicted molar refractivity (Wildman–Crippen MR) is 140 cm³/mol. The number of sulfonamides is 1. The quantitative estimate of drug-likeness (QED) is 0.408. The van der Waals surface area contributed by atoms with Crippen molar-refractivity contribution >= 4 is 26.8 Å². The van der Waals surface area contributed by atoms with Crippen molar-refractivity contribution in [3.63, 3.8) is 0 Å². The van der Waals surface area contributed by atoms with Gasteiger partial charge in [0, 0.05) is 20.6 Å². The van der Waals surface area contributed by atoms with E-state index in [1.807, 2.05) is 0 Å². The Bertz CT molecular complexity index is 1440. The highest BCUT2D eigenvalue weighted by atomic mass is 32.2. The van der Waals surface area contributed by atoms with Crippen LogP contribution in [0.4, 0.5) is 0 Å². The van der Waals surface area contributed by atoms with E-state index in [2.05, 4.69) is 23.9 Å². The first kappa shape index (κ1) is 27.3. The van der Waals surface area contributed by atoms with Crippen LogP contribution in [0.5, 0.6) is 0 Å². The van der Waals surface area contributed by atoms with Crippen LogP contribution in [0.15, 0.2) is 63.0 Å². The van der Waals surface area contributed by atoms with Gasteiger partial charge in [0.25, 0.3) is 5.56 Å². The maximum absolute atomic E-state index is 13.4. The molecule has 0 bridgehead atoms. The molecule has 1 aromatic heterocycles. The van der Waals surface area contributed by atoms with Crippen molar-refractivity contribution in [3.05, 3.63) is 74.9 Å². The molecule has 2 atom stereocenters. The standard InChI is InChI=1S/C26H34N4O5S/c1-5-7-11-18(6-2)17-27-24(31)23(19-12-9-8-10-13-19)28-36(34,35)20-14-15-22-21(16-20)25(32)30(4)26(33)29(22)3/h8-10,12-16,18,23,28H,5-7,11,17H2,1-4H3,(H,27,31)/t18-,23-/m1/s1. The molecule has 0 radical (unpaired) electrons. The lowest BCUT2D eigenvalue weighted by molar-refractivity contribution is -0.123. The molecule has 2 aromatic carbocycles. The summed E-state index contributed by atoms with van der Waals surface area (Å²) in [5.41, 5.74) is -0.289. The van der Waals surface area contributed by atoms with E-state index in [0.717, 1.165) is 30.3 Å². The molecule has 0 aliphatic carbocycles. The first-order valence-corrected chi connectivity index (χ1v) is 13.6. The van der Waals surface area contributed by atoms with Crippen molar-refractivity contribution in [1.82, 2.24) is 19.2 Å². The molecule has 2 N–H and O–H groups in total. The zero-order valence-electron chi connectivity index (χ0n) is 21.2. The van der Waals surface area contributed by atoms with Gasteiger partial charge in [-0.1, -0.05) is 63.4 Å². The Morgan fingerprint density at radius 2 is 1.69 bits per heavy atom. The Balaban J connectivity index is 1.94. The third kappa shape index (κ3) is 5.93. The zero-order valence-corrected chi connectivity index (χ0v) is 22.0. The molecule has 10 heteroatoms. The Hall–Kier alpha value is -3.24. The zero-order chi connectivity index (χ0) is 26.5. The highest BCUT2D eigenvalue weighted by Gasteiger charge is 2.28. The maximum Gasteiger partial charge on any atom is 0.330 e. The molecule has 0 unspecified atom stereocenters. The molecule has 36 heavy (non-hydrogen) atoms. The maximum atomic E-state index is 13.4. The van der Waals surface area contributed by atoms with Crippen LogP contribution >= 0.6 is 0 Å². The minimum absolute atomic E-state index is 0.0879. The fourth-order valence-electron chi connectivity index (χ4n) is 4.17. The average molecular weight is 515 g/mol. The fraction of sp³-hybridized carbons (Fsp3) is 0.423. The largest absolute Gasteiger partial charge is 0.354 e. The van der Waals surface area contributed by atoms with E-state index in [9.17, 15) is 22.8 Å². The summed E-state index contributed by atoms with van der Waals surface area (Å²) in [7, 11) is -1.35. The van der Waals surface area contributed by atoms with E-state index < -0.39 is 33.2 Å². The van der Waals surface area contributed by atoms with Crippen LogP contribution < -0.4 is 21.3 Å². The van der Waals surface area contributed by atoms with Crippen LogP contribution in [0.1, 0.15) is 51.1 Å². The summed E-state index contributed by atoms with van der Waals surface area (Å²) in [5, 5.41) is 3.01. The number of fused-ring (bicyclic) bond motifs is 1. The van der Waals surface area contributed by atoms with E-state index in [1.54, 1.807) is 30.3 Å². The van der Waals surface area contributed by atoms with E-state index in [-0.39, 0.29) is 10.3 Å². The first-order valence-electron chi connectivity index (χ1n) is 12.2. The average Bonchev–Trinajstić information content (AvgIpc) is 2.89. The molecule has 1 amide bonds. The summed E-state index contributed by atoms with van der Waals surface area (Å²) in [6, 6.07) is 11.5. The summed E-state index contributed by atoms with van der Waals surface area (Å²) < 4.78 is 31.5. The fourth-order valence-corrected chi connectivity index (χ4v) is 5.38. The van der Waals surface area contributed by atoms with Crippen molar-refractivity contribution in [2.45, 2.75) is 50.5 Å². The molecule has 0 saturated carbocycles. The van der Waals surface area contributed by atoms with Gasteiger partial charge in [0.1, 0.15) is 6.04 Å². The van der Waals surface area contributed by atoms with Crippen LogP contribution in [0.3, 0.4) is 0 Å².